The lowest BCUT2D eigenvalue weighted by atomic mass is 9.92. The van der Waals surface area contributed by atoms with Crippen molar-refractivity contribution in [3.8, 4) is 0 Å². The summed E-state index contributed by atoms with van der Waals surface area (Å²) in [5, 5.41) is 13.9. The molecule has 0 spiro atoms. The Morgan fingerprint density at radius 1 is 0.938 bits per heavy atom. The Morgan fingerprint density at radius 3 is 2.19 bits per heavy atom. The molecule has 1 unspecified atom stereocenters. The van der Waals surface area contributed by atoms with Crippen LogP contribution in [0.15, 0.2) is 36.4 Å². The molecule has 0 radical (unpaired) electrons. The van der Waals surface area contributed by atoms with Crippen molar-refractivity contribution >= 4 is 44.7 Å². The number of nitrogens with zero attached hydrogens (tertiary/aromatic N) is 1. The van der Waals surface area contributed by atoms with Gasteiger partial charge in [0.1, 0.15) is 0 Å². The number of rotatable bonds is 9. The fraction of sp³-hybridized carbons (Fsp3) is 0.440. The van der Waals surface area contributed by atoms with Gasteiger partial charge in [-0.05, 0) is 78.0 Å². The van der Waals surface area contributed by atoms with Crippen LogP contribution < -0.4 is 0 Å². The maximum Gasteiger partial charge on any atom is 0.416 e. The molecule has 3 rings (SSSR count). The van der Waals surface area contributed by atoms with Crippen LogP contribution in [0.25, 0.3) is 21.5 Å². The summed E-state index contributed by atoms with van der Waals surface area (Å²) in [6.45, 7) is 6.40. The van der Waals surface area contributed by atoms with Crippen LogP contribution in [-0.2, 0) is 6.18 Å². The normalized spacial score (nSPS) is 13.4. The predicted molar refractivity (Wildman–Crippen MR) is 128 cm³/mol. The van der Waals surface area contributed by atoms with E-state index in [2.05, 4.69) is 18.7 Å². The molecule has 0 aliphatic carbocycles. The minimum absolute atomic E-state index is 0.283. The monoisotopic (exact) mass is 485 g/mol. The average Bonchev–Trinajstić information content (AvgIpc) is 2.73. The molecule has 3 aromatic rings. The molecule has 0 bridgehead atoms. The quantitative estimate of drug-likeness (QED) is 0.308. The van der Waals surface area contributed by atoms with Crippen molar-refractivity contribution in [2.75, 3.05) is 19.6 Å². The number of hydrogen-bond acceptors (Lipinski definition) is 2. The third-order valence-corrected chi connectivity index (χ3v) is 6.29. The van der Waals surface area contributed by atoms with E-state index >= 15 is 0 Å². The molecular weight excluding hydrogens is 458 g/mol. The summed E-state index contributed by atoms with van der Waals surface area (Å²) in [5.41, 5.74) is -0.172. The van der Waals surface area contributed by atoms with E-state index in [0.29, 0.717) is 38.7 Å². The van der Waals surface area contributed by atoms with Gasteiger partial charge in [-0.15, -0.1) is 0 Å². The topological polar surface area (TPSA) is 23.5 Å². The Hall–Kier alpha value is -1.53. The molecule has 0 amide bonds. The summed E-state index contributed by atoms with van der Waals surface area (Å²) >= 11 is 12.6. The number of halogens is 5. The van der Waals surface area contributed by atoms with Crippen molar-refractivity contribution in [3.63, 3.8) is 0 Å². The van der Waals surface area contributed by atoms with Crippen molar-refractivity contribution in [2.24, 2.45) is 0 Å². The summed E-state index contributed by atoms with van der Waals surface area (Å²) in [4.78, 5) is 2.22. The van der Waals surface area contributed by atoms with Crippen LogP contribution in [0.5, 0.6) is 0 Å². The van der Waals surface area contributed by atoms with Crippen LogP contribution >= 0.6 is 23.2 Å². The van der Waals surface area contributed by atoms with E-state index in [1.807, 2.05) is 0 Å². The van der Waals surface area contributed by atoms with Gasteiger partial charge in [-0.1, -0.05) is 56.0 Å². The van der Waals surface area contributed by atoms with Gasteiger partial charge < -0.3 is 10.0 Å². The second-order valence-electron chi connectivity index (χ2n) is 8.23. The highest BCUT2D eigenvalue weighted by molar-refractivity contribution is 6.40. The minimum atomic E-state index is -4.48. The van der Waals surface area contributed by atoms with E-state index in [4.69, 9.17) is 23.2 Å². The summed E-state index contributed by atoms with van der Waals surface area (Å²) in [5.74, 6) is 0. The summed E-state index contributed by atoms with van der Waals surface area (Å²) in [7, 11) is 0. The van der Waals surface area contributed by atoms with Crippen molar-refractivity contribution in [3.05, 3.63) is 57.6 Å². The zero-order valence-corrected chi connectivity index (χ0v) is 19.8. The Morgan fingerprint density at radius 2 is 1.59 bits per heavy atom. The third-order valence-electron chi connectivity index (χ3n) is 5.77. The van der Waals surface area contributed by atoms with Crippen molar-refractivity contribution in [1.82, 2.24) is 4.90 Å². The Kier molecular flexibility index (Phi) is 8.31. The van der Waals surface area contributed by atoms with Gasteiger partial charge in [0.25, 0.3) is 0 Å². The molecule has 32 heavy (non-hydrogen) atoms. The van der Waals surface area contributed by atoms with Crippen LogP contribution in [-0.4, -0.2) is 29.6 Å². The first kappa shape index (κ1) is 25.1. The Labute approximate surface area is 196 Å². The Balaban J connectivity index is 2.14. The molecule has 0 aliphatic rings. The zero-order chi connectivity index (χ0) is 23.5. The van der Waals surface area contributed by atoms with Gasteiger partial charge in [0.15, 0.2) is 0 Å². The van der Waals surface area contributed by atoms with Gasteiger partial charge in [-0.25, -0.2) is 0 Å². The molecular formula is C25H28Cl2F3NO. The summed E-state index contributed by atoms with van der Waals surface area (Å²) in [6.07, 6.45) is -1.19. The van der Waals surface area contributed by atoms with Gasteiger partial charge in [0.2, 0.25) is 0 Å². The Bertz CT molecular complexity index is 1080. The standard InChI is InChI=1S/C25H28Cl2F3NO/c1-3-5-9-31(10-6-4-2)15-23(32)20-12-16-11-18(26)14-22(27)24(16)21-13-17(25(28,29)30)7-8-19(20)21/h7-8,11-14,23,32H,3-6,9-10,15H2,1-2H3. The van der Waals surface area contributed by atoms with E-state index in [-0.39, 0.29) is 5.02 Å². The van der Waals surface area contributed by atoms with E-state index in [0.717, 1.165) is 50.9 Å². The number of aliphatic hydroxyl groups excluding tert-OH is 1. The van der Waals surface area contributed by atoms with Crippen LogP contribution in [0.4, 0.5) is 13.2 Å². The highest BCUT2D eigenvalue weighted by Crippen LogP contribution is 2.40. The van der Waals surface area contributed by atoms with E-state index in [1.54, 1.807) is 12.1 Å². The highest BCUT2D eigenvalue weighted by Gasteiger charge is 2.31. The lowest BCUT2D eigenvalue weighted by Gasteiger charge is -2.26. The fourth-order valence-corrected chi connectivity index (χ4v) is 4.70. The first-order chi connectivity index (χ1) is 15.2. The van der Waals surface area contributed by atoms with Crippen molar-refractivity contribution in [1.29, 1.82) is 0 Å². The molecule has 0 heterocycles. The molecule has 0 saturated carbocycles. The van der Waals surface area contributed by atoms with E-state index in [9.17, 15) is 18.3 Å². The second-order valence-corrected chi connectivity index (χ2v) is 9.08. The summed E-state index contributed by atoms with van der Waals surface area (Å²) in [6, 6.07) is 8.59. The molecule has 0 fully saturated rings. The predicted octanol–water partition coefficient (Wildman–Crippen LogP) is 8.25. The van der Waals surface area contributed by atoms with Crippen LogP contribution in [0.3, 0.4) is 0 Å². The highest BCUT2D eigenvalue weighted by atomic mass is 35.5. The molecule has 0 aromatic heterocycles. The smallest absolute Gasteiger partial charge is 0.387 e. The van der Waals surface area contributed by atoms with E-state index < -0.39 is 17.8 Å². The molecule has 2 nitrogen and oxygen atoms in total. The second kappa shape index (κ2) is 10.6. The number of unbranched alkanes of at least 4 members (excludes halogenated alkanes) is 2. The number of aliphatic hydroxyl groups is 1. The van der Waals surface area contributed by atoms with Crippen LogP contribution in [0.1, 0.15) is 56.8 Å². The third kappa shape index (κ3) is 5.69. The average molecular weight is 486 g/mol. The van der Waals surface area contributed by atoms with Crippen LogP contribution in [0, 0.1) is 0 Å². The zero-order valence-electron chi connectivity index (χ0n) is 18.3. The first-order valence-corrected chi connectivity index (χ1v) is 11.7. The number of hydrogen-bond donors (Lipinski definition) is 1. The fourth-order valence-electron chi connectivity index (χ4n) is 4.09. The SMILES string of the molecule is CCCCN(CCCC)CC(O)c1cc2cc(Cl)cc(Cl)c2c2cc(C(F)(F)F)ccc12. The van der Waals surface area contributed by atoms with Gasteiger partial charge in [0, 0.05) is 17.0 Å². The number of alkyl halides is 3. The molecule has 7 heteroatoms. The minimum Gasteiger partial charge on any atom is -0.387 e. The number of benzene rings is 3. The first-order valence-electron chi connectivity index (χ1n) is 11.0. The molecule has 3 aromatic carbocycles. The van der Waals surface area contributed by atoms with Gasteiger partial charge in [-0.2, -0.15) is 13.2 Å². The van der Waals surface area contributed by atoms with Gasteiger partial charge in [-0.3, -0.25) is 0 Å². The van der Waals surface area contributed by atoms with E-state index in [1.165, 1.54) is 12.1 Å². The lowest BCUT2D eigenvalue weighted by molar-refractivity contribution is -0.137. The summed E-state index contributed by atoms with van der Waals surface area (Å²) < 4.78 is 40.3. The maximum absolute atomic E-state index is 13.4. The largest absolute Gasteiger partial charge is 0.416 e. The molecule has 1 atom stereocenters. The molecule has 1 N–H and O–H groups in total. The van der Waals surface area contributed by atoms with Gasteiger partial charge >= 0.3 is 6.18 Å². The molecule has 0 saturated heterocycles. The maximum atomic E-state index is 13.4. The van der Waals surface area contributed by atoms with Crippen molar-refractivity contribution < 1.29 is 18.3 Å². The molecule has 0 aliphatic heterocycles. The number of fused-ring (bicyclic) bond motifs is 3. The van der Waals surface area contributed by atoms with Crippen LogP contribution in [0.2, 0.25) is 10.0 Å². The van der Waals surface area contributed by atoms with Gasteiger partial charge in [0.05, 0.1) is 16.7 Å². The van der Waals surface area contributed by atoms with Crippen molar-refractivity contribution in [2.45, 2.75) is 51.8 Å². The lowest BCUT2D eigenvalue weighted by Crippen LogP contribution is -2.30. The molecule has 174 valence electrons.